The van der Waals surface area contributed by atoms with Crippen LogP contribution in [0.15, 0.2) is 36.4 Å². The maximum Gasteiger partial charge on any atom is 0.196 e. The minimum Gasteiger partial charge on any atom is -0.398 e. The molecule has 1 aliphatic carbocycles. The van der Waals surface area contributed by atoms with Crippen molar-refractivity contribution in [3.05, 3.63) is 47.5 Å². The normalized spacial score (nSPS) is 16.8. The highest BCUT2D eigenvalue weighted by Crippen LogP contribution is 2.40. The molecule has 3 N–H and O–H groups in total. The van der Waals surface area contributed by atoms with Gasteiger partial charge in [-0.2, -0.15) is 0 Å². The second kappa shape index (κ2) is 4.60. The van der Waals surface area contributed by atoms with Gasteiger partial charge in [-0.1, -0.05) is 18.2 Å². The summed E-state index contributed by atoms with van der Waals surface area (Å²) >= 11 is 0. The van der Waals surface area contributed by atoms with Crippen LogP contribution in [0.3, 0.4) is 0 Å². The number of nitrogens with one attached hydrogen (secondary N) is 1. The number of hydrogen-bond acceptors (Lipinski definition) is 4. The summed E-state index contributed by atoms with van der Waals surface area (Å²) in [5, 5.41) is 3.34. The molecule has 2 aromatic carbocycles. The molecule has 21 heavy (non-hydrogen) atoms. The molecule has 0 amide bonds. The zero-order valence-electron chi connectivity index (χ0n) is 11.7. The highest BCUT2D eigenvalue weighted by Gasteiger charge is 2.29. The molecule has 0 radical (unpaired) electrons. The number of rotatable bonds is 1. The van der Waals surface area contributed by atoms with E-state index < -0.39 is 0 Å². The van der Waals surface area contributed by atoms with Gasteiger partial charge in [0.1, 0.15) is 0 Å². The van der Waals surface area contributed by atoms with Crippen LogP contribution in [0.1, 0.15) is 15.9 Å². The molecule has 106 valence electrons. The van der Waals surface area contributed by atoms with Crippen molar-refractivity contribution in [2.24, 2.45) is 0 Å². The Morgan fingerprint density at radius 2 is 1.81 bits per heavy atom. The lowest BCUT2D eigenvalue weighted by atomic mass is 10.0. The van der Waals surface area contributed by atoms with Gasteiger partial charge in [0.2, 0.25) is 0 Å². The minimum atomic E-state index is 0.0510. The van der Waals surface area contributed by atoms with Gasteiger partial charge in [-0.05, 0) is 29.3 Å². The average molecular weight is 279 g/mol. The Kier molecular flexibility index (Phi) is 2.72. The van der Waals surface area contributed by atoms with Gasteiger partial charge in [0.15, 0.2) is 5.78 Å². The Morgan fingerprint density at radius 3 is 2.62 bits per heavy atom. The molecule has 0 atom stereocenters. The number of ketones is 1. The first-order valence-electron chi connectivity index (χ1n) is 7.29. The van der Waals surface area contributed by atoms with Crippen molar-refractivity contribution in [1.82, 2.24) is 5.32 Å². The third-order valence-electron chi connectivity index (χ3n) is 4.34. The Labute approximate surface area is 123 Å². The standard InChI is InChI=1S/C17H17N3O/c18-15-3-1-2-13-12-5-4-11(20-8-6-19-7-9-20)10-14(12)17(21)16(13)15/h1-5,10,19H,6-9,18H2. The van der Waals surface area contributed by atoms with E-state index in [1.165, 1.54) is 0 Å². The number of nitrogens with zero attached hydrogens (tertiary/aromatic N) is 1. The number of carbonyl (C=O) groups excluding carboxylic acids is 1. The highest BCUT2D eigenvalue weighted by molar-refractivity contribution is 6.24. The lowest BCUT2D eigenvalue weighted by Gasteiger charge is -2.29. The summed E-state index contributed by atoms with van der Waals surface area (Å²) in [6, 6.07) is 11.8. The van der Waals surface area contributed by atoms with Crippen molar-refractivity contribution in [3.8, 4) is 11.1 Å². The highest BCUT2D eigenvalue weighted by atomic mass is 16.1. The fourth-order valence-electron chi connectivity index (χ4n) is 3.26. The molecule has 0 bridgehead atoms. The fourth-order valence-corrected chi connectivity index (χ4v) is 3.26. The average Bonchev–Trinajstić information content (AvgIpc) is 2.82. The predicted octanol–water partition coefficient (Wildman–Crippen LogP) is 1.89. The van der Waals surface area contributed by atoms with E-state index in [9.17, 15) is 4.79 Å². The molecule has 1 heterocycles. The van der Waals surface area contributed by atoms with Gasteiger partial charge in [0.25, 0.3) is 0 Å². The number of nitrogen functional groups attached to an aromatic ring is 1. The van der Waals surface area contributed by atoms with Gasteiger partial charge in [0, 0.05) is 43.1 Å². The van der Waals surface area contributed by atoms with E-state index in [0.29, 0.717) is 11.3 Å². The van der Waals surface area contributed by atoms with Gasteiger partial charge in [0.05, 0.1) is 5.56 Å². The number of anilines is 2. The molecule has 0 aromatic heterocycles. The lowest BCUT2D eigenvalue weighted by molar-refractivity contribution is 0.104. The molecule has 2 aliphatic rings. The number of hydrogen-bond donors (Lipinski definition) is 2. The topological polar surface area (TPSA) is 58.4 Å². The molecule has 1 aliphatic heterocycles. The Morgan fingerprint density at radius 1 is 1.00 bits per heavy atom. The van der Waals surface area contributed by atoms with E-state index in [1.54, 1.807) is 6.07 Å². The number of benzene rings is 2. The van der Waals surface area contributed by atoms with Crippen LogP contribution in [0.4, 0.5) is 11.4 Å². The molecule has 0 unspecified atom stereocenters. The molecule has 2 aromatic rings. The van der Waals surface area contributed by atoms with Crippen LogP contribution >= 0.6 is 0 Å². The first-order chi connectivity index (χ1) is 10.3. The summed E-state index contributed by atoms with van der Waals surface area (Å²) in [5.74, 6) is 0.0510. The van der Waals surface area contributed by atoms with Gasteiger partial charge in [-0.15, -0.1) is 0 Å². The lowest BCUT2D eigenvalue weighted by Crippen LogP contribution is -2.43. The van der Waals surface area contributed by atoms with Crippen molar-refractivity contribution in [2.45, 2.75) is 0 Å². The first-order valence-corrected chi connectivity index (χ1v) is 7.29. The number of fused-ring (bicyclic) bond motifs is 3. The molecular formula is C17H17N3O. The van der Waals surface area contributed by atoms with E-state index >= 15 is 0 Å². The summed E-state index contributed by atoms with van der Waals surface area (Å²) in [6.07, 6.45) is 0. The largest absolute Gasteiger partial charge is 0.398 e. The Hall–Kier alpha value is -2.33. The second-order valence-corrected chi connectivity index (χ2v) is 5.57. The maximum absolute atomic E-state index is 12.6. The van der Waals surface area contributed by atoms with Crippen molar-refractivity contribution in [1.29, 1.82) is 0 Å². The molecule has 0 saturated carbocycles. The van der Waals surface area contributed by atoms with Gasteiger partial charge < -0.3 is 16.0 Å². The number of nitrogens with two attached hydrogens (primary N) is 1. The SMILES string of the molecule is Nc1cccc2c1C(=O)c1cc(N3CCNCC3)ccc1-2. The predicted molar refractivity (Wildman–Crippen MR) is 84.8 cm³/mol. The second-order valence-electron chi connectivity index (χ2n) is 5.57. The molecule has 4 nitrogen and oxygen atoms in total. The smallest absolute Gasteiger partial charge is 0.196 e. The van der Waals surface area contributed by atoms with Gasteiger partial charge in [-0.25, -0.2) is 0 Å². The Bertz CT molecular complexity index is 733. The molecule has 4 rings (SSSR count). The van der Waals surface area contributed by atoms with Gasteiger partial charge >= 0.3 is 0 Å². The van der Waals surface area contributed by atoms with Gasteiger partial charge in [-0.3, -0.25) is 4.79 Å². The summed E-state index contributed by atoms with van der Waals surface area (Å²) in [4.78, 5) is 14.9. The summed E-state index contributed by atoms with van der Waals surface area (Å²) in [7, 11) is 0. The minimum absolute atomic E-state index is 0.0510. The van der Waals surface area contributed by atoms with Crippen LogP contribution in [0.25, 0.3) is 11.1 Å². The monoisotopic (exact) mass is 279 g/mol. The van der Waals surface area contributed by atoms with Crippen molar-refractivity contribution in [2.75, 3.05) is 36.8 Å². The van der Waals surface area contributed by atoms with Crippen LogP contribution < -0.4 is 16.0 Å². The van der Waals surface area contributed by atoms with E-state index in [-0.39, 0.29) is 5.78 Å². The van der Waals surface area contributed by atoms with Crippen LogP contribution in [0.2, 0.25) is 0 Å². The number of carbonyl (C=O) groups is 1. The van der Waals surface area contributed by atoms with Crippen LogP contribution in [0, 0.1) is 0 Å². The fraction of sp³-hybridized carbons (Fsp3) is 0.235. The van der Waals surface area contributed by atoms with E-state index in [4.69, 9.17) is 5.73 Å². The molecule has 1 saturated heterocycles. The summed E-state index contributed by atoms with van der Waals surface area (Å²) in [6.45, 7) is 3.92. The van der Waals surface area contributed by atoms with E-state index in [0.717, 1.165) is 48.6 Å². The third kappa shape index (κ3) is 1.83. The zero-order valence-corrected chi connectivity index (χ0v) is 11.7. The number of piperazine rings is 1. The van der Waals surface area contributed by atoms with E-state index in [2.05, 4.69) is 22.3 Å². The molecule has 4 heteroatoms. The van der Waals surface area contributed by atoms with Crippen molar-refractivity contribution in [3.63, 3.8) is 0 Å². The van der Waals surface area contributed by atoms with Crippen LogP contribution in [0.5, 0.6) is 0 Å². The quantitative estimate of drug-likeness (QED) is 0.668. The summed E-state index contributed by atoms with van der Waals surface area (Å²) < 4.78 is 0. The van der Waals surface area contributed by atoms with Crippen molar-refractivity contribution < 1.29 is 4.79 Å². The molecule has 1 fully saturated rings. The van der Waals surface area contributed by atoms with E-state index in [1.807, 2.05) is 18.2 Å². The first kappa shape index (κ1) is 12.4. The summed E-state index contributed by atoms with van der Waals surface area (Å²) in [5.41, 5.74) is 11.1. The third-order valence-corrected chi connectivity index (χ3v) is 4.34. The maximum atomic E-state index is 12.6. The van der Waals surface area contributed by atoms with Crippen molar-refractivity contribution >= 4 is 17.2 Å². The molecule has 0 spiro atoms. The van der Waals surface area contributed by atoms with Crippen LogP contribution in [-0.4, -0.2) is 32.0 Å². The van der Waals surface area contributed by atoms with Crippen LogP contribution in [-0.2, 0) is 0 Å². The Balaban J connectivity index is 1.80. The zero-order chi connectivity index (χ0) is 14.4. The molecular weight excluding hydrogens is 262 g/mol.